The number of halogens is 1. The zero-order valence-corrected chi connectivity index (χ0v) is 10.6. The molecule has 1 aromatic carbocycles. The van der Waals surface area contributed by atoms with Gasteiger partial charge in [0.15, 0.2) is 0 Å². The van der Waals surface area contributed by atoms with Gasteiger partial charge in [0.2, 0.25) is 0 Å². The molecule has 0 aliphatic carbocycles. The number of nitrogens with one attached hydrogen (secondary N) is 2. The van der Waals surface area contributed by atoms with Gasteiger partial charge in [0, 0.05) is 29.1 Å². The zero-order chi connectivity index (χ0) is 12.3. The summed E-state index contributed by atoms with van der Waals surface area (Å²) in [5.41, 5.74) is 7.79. The van der Waals surface area contributed by atoms with Crippen LogP contribution in [0.1, 0.15) is 15.9 Å². The van der Waals surface area contributed by atoms with Crippen LogP contribution in [0.3, 0.4) is 0 Å². The van der Waals surface area contributed by atoms with Crippen molar-refractivity contribution in [3.05, 3.63) is 52.3 Å². The van der Waals surface area contributed by atoms with Crippen LogP contribution in [0.15, 0.2) is 41.1 Å². The number of amides is 1. The van der Waals surface area contributed by atoms with Crippen LogP contribution in [0.2, 0.25) is 0 Å². The Morgan fingerprint density at radius 1 is 1.41 bits per heavy atom. The van der Waals surface area contributed by atoms with E-state index in [2.05, 4.69) is 26.2 Å². The molecule has 0 radical (unpaired) electrons. The molecule has 0 unspecified atom stereocenters. The third-order valence-corrected chi connectivity index (χ3v) is 3.04. The minimum absolute atomic E-state index is 0.148. The van der Waals surface area contributed by atoms with Crippen LogP contribution in [0.25, 0.3) is 0 Å². The molecule has 4 N–H and O–H groups in total. The molecule has 5 heteroatoms. The summed E-state index contributed by atoms with van der Waals surface area (Å²) in [5, 5.41) is 2.82. The minimum Gasteiger partial charge on any atom is -0.399 e. The minimum atomic E-state index is -0.148. The van der Waals surface area contributed by atoms with Gasteiger partial charge in [-0.05, 0) is 45.8 Å². The molecule has 1 heterocycles. The number of aromatic amines is 1. The first-order chi connectivity index (χ1) is 8.16. The fourth-order valence-electron chi connectivity index (χ4n) is 1.46. The number of nitrogen functional groups attached to an aromatic ring is 1. The molecule has 17 heavy (non-hydrogen) atoms. The van der Waals surface area contributed by atoms with E-state index in [0.29, 0.717) is 17.8 Å². The molecule has 0 atom stereocenters. The van der Waals surface area contributed by atoms with Crippen molar-refractivity contribution < 1.29 is 4.79 Å². The molecule has 0 fully saturated rings. The summed E-state index contributed by atoms with van der Waals surface area (Å²) in [5.74, 6) is -0.148. The van der Waals surface area contributed by atoms with Crippen molar-refractivity contribution in [2.45, 2.75) is 6.54 Å². The summed E-state index contributed by atoms with van der Waals surface area (Å²) in [4.78, 5) is 14.8. The number of H-pyrrole nitrogens is 1. The number of aromatic nitrogens is 1. The van der Waals surface area contributed by atoms with E-state index in [4.69, 9.17) is 5.73 Å². The Kier molecular flexibility index (Phi) is 3.49. The number of hydrogen-bond donors (Lipinski definition) is 3. The molecule has 2 aromatic rings. The summed E-state index contributed by atoms with van der Waals surface area (Å²) in [7, 11) is 0. The average Bonchev–Trinajstić information content (AvgIpc) is 2.82. The van der Waals surface area contributed by atoms with Gasteiger partial charge < -0.3 is 16.0 Å². The third-order valence-electron chi connectivity index (χ3n) is 2.35. The van der Waals surface area contributed by atoms with Crippen molar-refractivity contribution in [2.75, 3.05) is 5.73 Å². The van der Waals surface area contributed by atoms with Crippen LogP contribution in [0.5, 0.6) is 0 Å². The second-order valence-corrected chi connectivity index (χ2v) is 4.50. The first kappa shape index (κ1) is 11.7. The van der Waals surface area contributed by atoms with Gasteiger partial charge >= 0.3 is 0 Å². The molecule has 1 amide bonds. The van der Waals surface area contributed by atoms with E-state index in [-0.39, 0.29) is 5.91 Å². The van der Waals surface area contributed by atoms with Crippen molar-refractivity contribution in [3.63, 3.8) is 0 Å². The normalized spacial score (nSPS) is 10.2. The Balaban J connectivity index is 2.07. The SMILES string of the molecule is Nc1ccc(Br)c(C(=O)NCc2cc[nH]c2)c1. The van der Waals surface area contributed by atoms with E-state index < -0.39 is 0 Å². The van der Waals surface area contributed by atoms with E-state index >= 15 is 0 Å². The van der Waals surface area contributed by atoms with Gasteiger partial charge in [-0.15, -0.1) is 0 Å². The van der Waals surface area contributed by atoms with E-state index in [0.717, 1.165) is 10.0 Å². The summed E-state index contributed by atoms with van der Waals surface area (Å²) in [6.07, 6.45) is 3.66. The largest absolute Gasteiger partial charge is 0.399 e. The molecule has 88 valence electrons. The van der Waals surface area contributed by atoms with Gasteiger partial charge in [0.25, 0.3) is 5.91 Å². The third kappa shape index (κ3) is 2.88. The van der Waals surface area contributed by atoms with Gasteiger partial charge in [0.1, 0.15) is 0 Å². The highest BCUT2D eigenvalue weighted by molar-refractivity contribution is 9.10. The number of nitrogens with two attached hydrogens (primary N) is 1. The molecular formula is C12H12BrN3O. The second kappa shape index (κ2) is 5.05. The van der Waals surface area contributed by atoms with Crippen LogP contribution < -0.4 is 11.1 Å². The lowest BCUT2D eigenvalue weighted by molar-refractivity contribution is 0.0950. The summed E-state index contributed by atoms with van der Waals surface area (Å²) in [6.45, 7) is 0.490. The Hall–Kier alpha value is -1.75. The quantitative estimate of drug-likeness (QED) is 0.760. The highest BCUT2D eigenvalue weighted by Crippen LogP contribution is 2.19. The number of anilines is 1. The predicted molar refractivity (Wildman–Crippen MR) is 70.5 cm³/mol. The van der Waals surface area contributed by atoms with Gasteiger partial charge in [-0.2, -0.15) is 0 Å². The Morgan fingerprint density at radius 3 is 2.94 bits per heavy atom. The number of rotatable bonds is 3. The number of benzene rings is 1. The Labute approximate surface area is 107 Å². The molecule has 0 spiro atoms. The molecule has 1 aromatic heterocycles. The molecule has 4 nitrogen and oxygen atoms in total. The molecule has 0 aliphatic heterocycles. The van der Waals surface area contributed by atoms with Crippen molar-refractivity contribution >= 4 is 27.5 Å². The van der Waals surface area contributed by atoms with Gasteiger partial charge in [-0.1, -0.05) is 0 Å². The first-order valence-electron chi connectivity index (χ1n) is 5.11. The number of hydrogen-bond acceptors (Lipinski definition) is 2. The summed E-state index contributed by atoms with van der Waals surface area (Å²) in [6, 6.07) is 7.07. The van der Waals surface area contributed by atoms with E-state index in [1.807, 2.05) is 18.5 Å². The highest BCUT2D eigenvalue weighted by atomic mass is 79.9. The molecule has 0 aliphatic rings. The standard InChI is InChI=1S/C12H12BrN3O/c13-11-2-1-9(14)5-10(11)12(17)16-7-8-3-4-15-6-8/h1-6,15H,7,14H2,(H,16,17). The van der Waals surface area contributed by atoms with Crippen molar-refractivity contribution in [2.24, 2.45) is 0 Å². The van der Waals surface area contributed by atoms with Crippen LogP contribution >= 0.6 is 15.9 Å². The lowest BCUT2D eigenvalue weighted by atomic mass is 10.2. The highest BCUT2D eigenvalue weighted by Gasteiger charge is 2.09. The average molecular weight is 294 g/mol. The fourth-order valence-corrected chi connectivity index (χ4v) is 1.89. The van der Waals surface area contributed by atoms with E-state index in [1.54, 1.807) is 18.2 Å². The Morgan fingerprint density at radius 2 is 2.24 bits per heavy atom. The van der Waals surface area contributed by atoms with Gasteiger partial charge in [-0.25, -0.2) is 0 Å². The monoisotopic (exact) mass is 293 g/mol. The van der Waals surface area contributed by atoms with Crippen LogP contribution in [-0.4, -0.2) is 10.9 Å². The van der Waals surface area contributed by atoms with Crippen molar-refractivity contribution in [3.8, 4) is 0 Å². The molecule has 2 rings (SSSR count). The summed E-state index contributed by atoms with van der Waals surface area (Å²) < 4.78 is 0.735. The molecule has 0 bridgehead atoms. The topological polar surface area (TPSA) is 70.9 Å². The smallest absolute Gasteiger partial charge is 0.252 e. The second-order valence-electron chi connectivity index (χ2n) is 3.64. The lowest BCUT2D eigenvalue weighted by Gasteiger charge is -2.06. The maximum atomic E-state index is 11.9. The van der Waals surface area contributed by atoms with Crippen LogP contribution in [0.4, 0.5) is 5.69 Å². The van der Waals surface area contributed by atoms with Crippen molar-refractivity contribution in [1.29, 1.82) is 0 Å². The van der Waals surface area contributed by atoms with E-state index in [9.17, 15) is 4.79 Å². The fraction of sp³-hybridized carbons (Fsp3) is 0.0833. The number of carbonyl (C=O) groups excluding carboxylic acids is 1. The van der Waals surface area contributed by atoms with Crippen molar-refractivity contribution in [1.82, 2.24) is 10.3 Å². The van der Waals surface area contributed by atoms with Gasteiger partial charge in [0.05, 0.1) is 5.56 Å². The van der Waals surface area contributed by atoms with Gasteiger partial charge in [-0.3, -0.25) is 4.79 Å². The maximum absolute atomic E-state index is 11.9. The molecular weight excluding hydrogens is 282 g/mol. The zero-order valence-electron chi connectivity index (χ0n) is 9.03. The number of carbonyl (C=O) groups is 1. The van der Waals surface area contributed by atoms with E-state index in [1.165, 1.54) is 0 Å². The maximum Gasteiger partial charge on any atom is 0.252 e. The first-order valence-corrected chi connectivity index (χ1v) is 5.91. The molecule has 0 saturated heterocycles. The molecule has 0 saturated carbocycles. The predicted octanol–water partition coefficient (Wildman–Crippen LogP) is 2.29. The lowest BCUT2D eigenvalue weighted by Crippen LogP contribution is -2.23. The Bertz CT molecular complexity index is 523. The summed E-state index contributed by atoms with van der Waals surface area (Å²) >= 11 is 3.33. The van der Waals surface area contributed by atoms with Crippen LogP contribution in [0, 0.1) is 0 Å². The van der Waals surface area contributed by atoms with Crippen LogP contribution in [-0.2, 0) is 6.54 Å².